The highest BCUT2D eigenvalue weighted by Crippen LogP contribution is 2.35. The molecule has 2 aromatic carbocycles. The Balaban J connectivity index is 0.000000381. The van der Waals surface area contributed by atoms with Crippen molar-refractivity contribution in [1.82, 2.24) is 50.2 Å². The van der Waals surface area contributed by atoms with E-state index in [4.69, 9.17) is 59.3 Å². The van der Waals surface area contributed by atoms with E-state index in [9.17, 15) is 9.59 Å². The lowest BCUT2D eigenvalue weighted by molar-refractivity contribution is 0.145. The van der Waals surface area contributed by atoms with Gasteiger partial charge in [0.05, 0.1) is 54.2 Å². The molecule has 83 heavy (non-hydrogen) atoms. The Kier molecular flexibility index (Phi) is 35.1. The first-order valence-corrected chi connectivity index (χ1v) is 40.0. The van der Waals surface area contributed by atoms with Gasteiger partial charge in [0.2, 0.25) is 0 Å². The van der Waals surface area contributed by atoms with Gasteiger partial charge in [-0.3, -0.25) is 0 Å². The molecule has 2 fully saturated rings. The molecule has 4 amide bonds. The summed E-state index contributed by atoms with van der Waals surface area (Å²) >= 11 is 36.9. The molecule has 0 spiro atoms. The van der Waals surface area contributed by atoms with Crippen LogP contribution >= 0.6 is 130 Å². The van der Waals surface area contributed by atoms with Crippen LogP contribution in [0.4, 0.5) is 9.59 Å². The first-order valence-electron chi connectivity index (χ1n) is 25.9. The van der Waals surface area contributed by atoms with Gasteiger partial charge in [-0.2, -0.15) is 0 Å². The number of likely N-dealkylation sites (tertiary alicyclic amines) is 2. The van der Waals surface area contributed by atoms with Gasteiger partial charge in [0.1, 0.15) is 37.8 Å². The summed E-state index contributed by atoms with van der Waals surface area (Å²) < 4.78 is 1.83. The number of carbonyl (C=O) groups excluding carboxylic acids is 2. The monoisotopic (exact) mass is 1490 g/mol. The van der Waals surface area contributed by atoms with Crippen molar-refractivity contribution < 1.29 is 9.59 Å². The third-order valence-electron chi connectivity index (χ3n) is 12.1. The molecule has 6 heterocycles. The Morgan fingerprint density at radius 3 is 1.39 bits per heavy atom. The number of terminal acetylenes is 2. The van der Waals surface area contributed by atoms with Crippen molar-refractivity contribution in [3.05, 3.63) is 130 Å². The Bertz CT molecular complexity index is 3100. The largest absolute Gasteiger partial charge is 0.331 e. The van der Waals surface area contributed by atoms with Crippen LogP contribution in [0.5, 0.6) is 0 Å². The highest BCUT2D eigenvalue weighted by atomic mass is 127. The van der Waals surface area contributed by atoms with Gasteiger partial charge in [-0.1, -0.05) is 117 Å². The number of thiazole rings is 4. The first kappa shape index (κ1) is 75.6. The fourth-order valence-electron chi connectivity index (χ4n) is 7.11. The molecule has 2 aliphatic heterocycles. The van der Waals surface area contributed by atoms with Crippen LogP contribution in [0.3, 0.4) is 0 Å². The molecule has 4 aromatic heterocycles. The van der Waals surface area contributed by atoms with Gasteiger partial charge in [0, 0.05) is 56.8 Å². The van der Waals surface area contributed by atoms with Crippen molar-refractivity contribution >= 4 is 158 Å². The van der Waals surface area contributed by atoms with E-state index in [0.29, 0.717) is 31.3 Å². The van der Waals surface area contributed by atoms with E-state index in [1.165, 1.54) is 22.7 Å². The second-order valence-corrected chi connectivity index (χ2v) is 36.8. The number of aromatic nitrogens is 4. The van der Waals surface area contributed by atoms with Gasteiger partial charge in [-0.15, -0.1) is 69.3 Å². The second kappa shape index (κ2) is 38.6. The van der Waals surface area contributed by atoms with Gasteiger partial charge in [-0.25, -0.2) is 29.5 Å². The van der Waals surface area contributed by atoms with Crippen molar-refractivity contribution in [2.75, 3.05) is 54.4 Å². The zero-order valence-corrected chi connectivity index (χ0v) is 60.4. The number of benzene rings is 2. The fraction of sp³-hybridized carbons (Fsp3) is 0.424. The summed E-state index contributed by atoms with van der Waals surface area (Å²) in [7, 11) is 5.62. The summed E-state index contributed by atoms with van der Waals surface area (Å²) in [5.74, 6) is 11.5. The minimum atomic E-state index is -1.21. The molecule has 0 radical (unpaired) electrons. The number of amides is 4. The van der Waals surface area contributed by atoms with Crippen LogP contribution in [0.2, 0.25) is 59.4 Å². The van der Waals surface area contributed by atoms with Crippen molar-refractivity contribution in [3.8, 4) is 47.6 Å². The number of nitrogens with one attached hydrogen (secondary N) is 2. The topological polar surface area (TPSA) is 123 Å². The summed E-state index contributed by atoms with van der Waals surface area (Å²) in [6.45, 7) is 21.0. The second-order valence-electron chi connectivity index (χ2n) is 20.9. The molecule has 24 heteroatoms. The molecular weight excluding hydrogens is 1410 g/mol. The van der Waals surface area contributed by atoms with E-state index in [0.717, 1.165) is 82.6 Å². The zero-order valence-electron chi connectivity index (χ0n) is 48.3. The molecule has 2 N–H and O–H groups in total. The van der Waals surface area contributed by atoms with E-state index in [-0.39, 0.29) is 43.7 Å². The molecule has 0 aliphatic carbocycles. The molecule has 2 unspecified atom stereocenters. The van der Waals surface area contributed by atoms with Crippen molar-refractivity contribution in [2.24, 2.45) is 0 Å². The summed E-state index contributed by atoms with van der Waals surface area (Å²) in [6, 6.07) is 7.40. The number of piperidine rings is 2. The molecule has 448 valence electrons. The predicted octanol–water partition coefficient (Wildman–Crippen LogP) is 16.6. The van der Waals surface area contributed by atoms with Crippen LogP contribution in [-0.4, -0.2) is 134 Å². The van der Waals surface area contributed by atoms with Crippen LogP contribution in [0.15, 0.2) is 72.4 Å². The molecule has 2 atom stereocenters. The van der Waals surface area contributed by atoms with E-state index in [2.05, 4.69) is 167 Å². The van der Waals surface area contributed by atoms with Crippen LogP contribution in [0.1, 0.15) is 92.8 Å². The Morgan fingerprint density at radius 1 is 0.639 bits per heavy atom. The predicted molar refractivity (Wildman–Crippen MR) is 375 cm³/mol. The number of carbonyl (C=O) groups is 2. The van der Waals surface area contributed by atoms with Gasteiger partial charge in [0.15, 0.2) is 0 Å². The van der Waals surface area contributed by atoms with Gasteiger partial charge < -0.3 is 30.2 Å². The zero-order chi connectivity index (χ0) is 61.2. The van der Waals surface area contributed by atoms with E-state index >= 15 is 0 Å². The molecule has 2 saturated heterocycles. The Morgan fingerprint density at radius 2 is 1.04 bits per heavy atom. The summed E-state index contributed by atoms with van der Waals surface area (Å²) in [4.78, 5) is 49.3. The Hall–Kier alpha value is -3.54. The van der Waals surface area contributed by atoms with Crippen molar-refractivity contribution in [3.63, 3.8) is 0 Å². The lowest BCUT2D eigenvalue weighted by Gasteiger charge is -2.35. The SMILES string of the molecule is Brc1cscn1.C.C#C[Si](C)(C)C.C#Cc1cscn1.CC(NC(=O)N(C)C1CCN(C)CC1)c1ccc(C#Cc2cscn2)c(Cl)c1Cl.CC(NC(=O)N(C)C1CCN(C)CC1)c1ccc(I)c(Cl)c1Cl.C[Si](C)(C)C#Cc1cscn1. The van der Waals surface area contributed by atoms with Crippen LogP contribution in [-0.2, 0) is 0 Å². The highest BCUT2D eigenvalue weighted by Gasteiger charge is 2.27. The molecule has 6 aromatic rings. The fourth-order valence-corrected chi connectivity index (χ4v) is 11.7. The van der Waals surface area contributed by atoms with E-state index in [1.54, 1.807) is 44.1 Å². The molecular formula is C59H76BrCl4IN10O2S4Si2. The molecule has 2 aliphatic rings. The number of hydrogen-bond donors (Lipinski definition) is 2. The lowest BCUT2D eigenvalue weighted by Crippen LogP contribution is -2.48. The van der Waals surface area contributed by atoms with E-state index < -0.39 is 16.1 Å². The minimum Gasteiger partial charge on any atom is -0.331 e. The maximum atomic E-state index is 12.7. The van der Waals surface area contributed by atoms with Gasteiger partial charge >= 0.3 is 12.1 Å². The molecule has 8 rings (SSSR count). The average molecular weight is 1490 g/mol. The first-order chi connectivity index (χ1) is 38.6. The number of halogens is 6. The molecule has 12 nitrogen and oxygen atoms in total. The summed E-state index contributed by atoms with van der Waals surface area (Å²) in [5.41, 5.74) is 17.6. The highest BCUT2D eigenvalue weighted by molar-refractivity contribution is 14.1. The quantitative estimate of drug-likeness (QED) is 0.0732. The Labute approximate surface area is 555 Å². The van der Waals surface area contributed by atoms with Crippen LogP contribution in [0.25, 0.3) is 0 Å². The van der Waals surface area contributed by atoms with Crippen molar-refractivity contribution in [2.45, 2.75) is 110 Å². The standard InChI is InChI=1S/C21H24Cl2N4OS.C16H22Cl2IN3O.C8H11NSSi.C5H3NS.C5H10Si.C3H2BrNS.CH4/c1-14(25-21(28)27(3)17-8-10-26(2)11-9-17)18-7-5-15(19(22)20(18)23)4-6-16-12-29-13-24-16;1-10(12-4-5-13(19)15(18)14(12)17)20-16(23)22(3)11-6-8-21(2)9-7-11;1-11(2,3)5-4-8-6-10-7-9-8;1-2-5-3-7-4-6-5;1-5-6(2,3)4;4-3-1-6-2-5-3;/h5,7,12-14,17H,8-11H2,1-3H3,(H,25,28);4-5,10-11H,6-9H2,1-3H3,(H,20,23);6-7H,1-3H3;1,3-4H;1H,2-4H3;1-2H;1H4. The number of nitrogens with zero attached hydrogens (tertiary/aromatic N) is 8. The number of urea groups is 2. The summed E-state index contributed by atoms with van der Waals surface area (Å²) in [5, 5.41) is 15.5. The van der Waals surface area contributed by atoms with Crippen molar-refractivity contribution in [1.29, 1.82) is 0 Å². The summed E-state index contributed by atoms with van der Waals surface area (Å²) in [6.07, 6.45) is 14.1. The van der Waals surface area contributed by atoms with E-state index in [1.807, 2.05) is 84.1 Å². The number of rotatable bonds is 6. The minimum absolute atomic E-state index is 0. The maximum Gasteiger partial charge on any atom is 0.317 e. The third kappa shape index (κ3) is 28.7. The maximum absolute atomic E-state index is 12.7. The molecule has 0 bridgehead atoms. The van der Waals surface area contributed by atoms with Crippen LogP contribution in [0, 0.1) is 51.2 Å². The molecule has 0 saturated carbocycles. The van der Waals surface area contributed by atoms with Gasteiger partial charge in [-0.05, 0) is 153 Å². The van der Waals surface area contributed by atoms with Gasteiger partial charge in [0.25, 0.3) is 0 Å². The smallest absolute Gasteiger partial charge is 0.317 e. The third-order valence-corrected chi connectivity index (χ3v) is 19.9. The normalized spacial score (nSPS) is 14.0. The van der Waals surface area contributed by atoms with Crippen LogP contribution < -0.4 is 10.6 Å². The number of hydrogen-bond acceptors (Lipinski definition) is 12. The average Bonchev–Trinajstić information content (AvgIpc) is 4.35. The lowest BCUT2D eigenvalue weighted by atomic mass is 10.0.